The van der Waals surface area contributed by atoms with E-state index >= 15 is 0 Å². The molecule has 0 aliphatic rings. The average molecular weight is 316 g/mol. The van der Waals surface area contributed by atoms with Crippen LogP contribution in [0.4, 0.5) is 14.9 Å². The molecule has 2 aromatic carbocycles. The van der Waals surface area contributed by atoms with Crippen molar-refractivity contribution in [3.63, 3.8) is 0 Å². The summed E-state index contributed by atoms with van der Waals surface area (Å²) in [5.41, 5.74) is 2.16. The summed E-state index contributed by atoms with van der Waals surface area (Å²) in [4.78, 5) is 14.0. The summed E-state index contributed by atoms with van der Waals surface area (Å²) in [5.74, 6) is -0.406. The van der Waals surface area contributed by atoms with E-state index in [1.54, 1.807) is 19.9 Å². The second-order valence-electron chi connectivity index (χ2n) is 5.60. The topological polar surface area (TPSA) is 52.6 Å². The number of aryl methyl sites for hydroxylation is 1. The highest BCUT2D eigenvalue weighted by molar-refractivity contribution is 5.90. The molecule has 0 radical (unpaired) electrons. The number of aliphatic hydroxyl groups excluding tert-OH is 1. The third-order valence-corrected chi connectivity index (χ3v) is 3.43. The van der Waals surface area contributed by atoms with Gasteiger partial charge in [0.2, 0.25) is 0 Å². The Morgan fingerprint density at radius 3 is 2.61 bits per heavy atom. The quantitative estimate of drug-likeness (QED) is 0.886. The molecule has 2 amide bonds. The summed E-state index contributed by atoms with van der Waals surface area (Å²) in [7, 11) is 0. The summed E-state index contributed by atoms with van der Waals surface area (Å²) < 4.78 is 13.4. The fourth-order valence-electron chi connectivity index (χ4n) is 2.27. The lowest BCUT2D eigenvalue weighted by Crippen LogP contribution is -2.39. The molecule has 0 bridgehead atoms. The summed E-state index contributed by atoms with van der Waals surface area (Å²) in [6, 6.07) is 13.4. The lowest BCUT2D eigenvalue weighted by molar-refractivity contribution is 0.135. The van der Waals surface area contributed by atoms with Crippen molar-refractivity contribution in [3.8, 4) is 0 Å². The van der Waals surface area contributed by atoms with E-state index in [1.165, 1.54) is 17.0 Å². The molecule has 2 rings (SSSR count). The van der Waals surface area contributed by atoms with Crippen LogP contribution in [0.5, 0.6) is 0 Å². The Bertz CT molecular complexity index is 659. The number of aliphatic hydroxyl groups is 1. The zero-order valence-corrected chi connectivity index (χ0v) is 13.3. The van der Waals surface area contributed by atoms with Crippen LogP contribution < -0.4 is 5.32 Å². The molecular formula is C18H21FN2O2. The van der Waals surface area contributed by atoms with Gasteiger partial charge in [-0.15, -0.1) is 0 Å². The van der Waals surface area contributed by atoms with E-state index in [4.69, 9.17) is 0 Å². The van der Waals surface area contributed by atoms with Gasteiger partial charge >= 0.3 is 6.03 Å². The highest BCUT2D eigenvalue weighted by Crippen LogP contribution is 2.17. The van der Waals surface area contributed by atoms with Crippen molar-refractivity contribution in [1.29, 1.82) is 0 Å². The lowest BCUT2D eigenvalue weighted by Gasteiger charge is -2.25. The van der Waals surface area contributed by atoms with Gasteiger partial charge in [0.05, 0.1) is 6.10 Å². The van der Waals surface area contributed by atoms with Crippen LogP contribution in [0.15, 0.2) is 48.5 Å². The monoisotopic (exact) mass is 316 g/mol. The standard InChI is InChI=1S/C18H21FN2O2/c1-13-8-9-16(19)10-17(13)20-18(23)21(11-14(2)22)12-15-6-4-3-5-7-15/h3-10,14,22H,11-12H2,1-2H3,(H,20,23)/t14-/m0/s1. The summed E-state index contributed by atoms with van der Waals surface area (Å²) in [5, 5.41) is 12.3. The number of hydrogen-bond acceptors (Lipinski definition) is 2. The first-order valence-electron chi connectivity index (χ1n) is 7.50. The average Bonchev–Trinajstić information content (AvgIpc) is 2.51. The van der Waals surface area contributed by atoms with E-state index < -0.39 is 11.9 Å². The lowest BCUT2D eigenvalue weighted by atomic mass is 10.2. The van der Waals surface area contributed by atoms with Gasteiger partial charge in [-0.25, -0.2) is 9.18 Å². The van der Waals surface area contributed by atoms with Gasteiger partial charge in [0.15, 0.2) is 0 Å². The van der Waals surface area contributed by atoms with Crippen molar-refractivity contribution in [2.75, 3.05) is 11.9 Å². The van der Waals surface area contributed by atoms with Crippen LogP contribution in [0.2, 0.25) is 0 Å². The van der Waals surface area contributed by atoms with Crippen LogP contribution in [-0.2, 0) is 6.54 Å². The fourth-order valence-corrected chi connectivity index (χ4v) is 2.27. The van der Waals surface area contributed by atoms with Gasteiger partial charge in [-0.3, -0.25) is 0 Å². The van der Waals surface area contributed by atoms with Crippen LogP contribution in [0.25, 0.3) is 0 Å². The van der Waals surface area contributed by atoms with Gasteiger partial charge in [-0.05, 0) is 37.1 Å². The number of nitrogens with zero attached hydrogens (tertiary/aromatic N) is 1. The van der Waals surface area contributed by atoms with Gasteiger partial charge in [-0.1, -0.05) is 36.4 Å². The van der Waals surface area contributed by atoms with Crippen LogP contribution >= 0.6 is 0 Å². The SMILES string of the molecule is Cc1ccc(F)cc1NC(=O)N(Cc1ccccc1)C[C@H](C)O. The van der Waals surface area contributed by atoms with Crippen molar-refractivity contribution in [2.45, 2.75) is 26.5 Å². The third-order valence-electron chi connectivity index (χ3n) is 3.43. The first-order valence-corrected chi connectivity index (χ1v) is 7.50. The van der Waals surface area contributed by atoms with E-state index in [9.17, 15) is 14.3 Å². The Morgan fingerprint density at radius 2 is 1.96 bits per heavy atom. The largest absolute Gasteiger partial charge is 0.392 e. The molecule has 0 spiro atoms. The van der Waals surface area contributed by atoms with Crippen molar-refractivity contribution in [3.05, 3.63) is 65.5 Å². The zero-order valence-electron chi connectivity index (χ0n) is 13.3. The maximum absolute atomic E-state index is 13.4. The van der Waals surface area contributed by atoms with Gasteiger partial charge in [0.25, 0.3) is 0 Å². The molecule has 2 N–H and O–H groups in total. The van der Waals surface area contributed by atoms with Gasteiger partial charge in [-0.2, -0.15) is 0 Å². The normalized spacial score (nSPS) is 11.8. The summed E-state index contributed by atoms with van der Waals surface area (Å²) in [6.07, 6.45) is -0.655. The molecular weight excluding hydrogens is 295 g/mol. The minimum Gasteiger partial charge on any atom is -0.392 e. The minimum atomic E-state index is -0.655. The molecule has 0 saturated carbocycles. The number of carbonyl (C=O) groups excluding carboxylic acids is 1. The number of hydrogen-bond donors (Lipinski definition) is 2. The molecule has 0 heterocycles. The smallest absolute Gasteiger partial charge is 0.322 e. The zero-order chi connectivity index (χ0) is 16.8. The van der Waals surface area contributed by atoms with E-state index in [0.717, 1.165) is 11.1 Å². The molecule has 0 aromatic heterocycles. The molecule has 2 aromatic rings. The summed E-state index contributed by atoms with van der Waals surface area (Å²) in [6.45, 7) is 3.98. The number of amides is 2. The Kier molecular flexibility index (Phi) is 5.71. The highest BCUT2D eigenvalue weighted by Gasteiger charge is 2.17. The molecule has 5 heteroatoms. The van der Waals surface area contributed by atoms with Gasteiger partial charge in [0.1, 0.15) is 5.82 Å². The van der Waals surface area contributed by atoms with Crippen LogP contribution in [0, 0.1) is 12.7 Å². The third kappa shape index (κ3) is 5.07. The Morgan fingerprint density at radius 1 is 1.26 bits per heavy atom. The van der Waals surface area contributed by atoms with Crippen LogP contribution in [-0.4, -0.2) is 28.7 Å². The molecule has 1 atom stereocenters. The predicted octanol–water partition coefficient (Wildman–Crippen LogP) is 3.55. The number of nitrogens with one attached hydrogen (secondary N) is 1. The van der Waals surface area contributed by atoms with Crippen molar-refractivity contribution in [2.24, 2.45) is 0 Å². The van der Waals surface area contributed by atoms with Crippen LogP contribution in [0.1, 0.15) is 18.1 Å². The molecule has 0 fully saturated rings. The number of rotatable bonds is 5. The second-order valence-corrected chi connectivity index (χ2v) is 5.60. The Labute approximate surface area is 135 Å². The number of halogens is 1. The first kappa shape index (κ1) is 17.0. The van der Waals surface area contributed by atoms with Gasteiger partial charge in [0, 0.05) is 18.8 Å². The maximum Gasteiger partial charge on any atom is 0.322 e. The Hall–Kier alpha value is -2.40. The Balaban J connectivity index is 2.14. The molecule has 0 unspecified atom stereocenters. The first-order chi connectivity index (χ1) is 11.0. The van der Waals surface area contributed by atoms with Crippen molar-refractivity contribution >= 4 is 11.7 Å². The molecule has 0 saturated heterocycles. The second kappa shape index (κ2) is 7.74. The van der Waals surface area contributed by atoms with E-state index in [2.05, 4.69) is 5.32 Å². The predicted molar refractivity (Wildman–Crippen MR) is 88.7 cm³/mol. The maximum atomic E-state index is 13.4. The molecule has 4 nitrogen and oxygen atoms in total. The number of urea groups is 1. The number of carbonyl (C=O) groups is 1. The van der Waals surface area contributed by atoms with E-state index in [0.29, 0.717) is 12.2 Å². The summed E-state index contributed by atoms with van der Waals surface area (Å²) >= 11 is 0. The number of anilines is 1. The van der Waals surface area contributed by atoms with Crippen molar-refractivity contribution in [1.82, 2.24) is 4.90 Å². The molecule has 122 valence electrons. The molecule has 0 aliphatic heterocycles. The number of benzene rings is 2. The van der Waals surface area contributed by atoms with Gasteiger partial charge < -0.3 is 15.3 Å². The van der Waals surface area contributed by atoms with E-state index in [1.807, 2.05) is 30.3 Å². The molecule has 23 heavy (non-hydrogen) atoms. The fraction of sp³-hybridized carbons (Fsp3) is 0.278. The van der Waals surface area contributed by atoms with Crippen molar-refractivity contribution < 1.29 is 14.3 Å². The van der Waals surface area contributed by atoms with E-state index in [-0.39, 0.29) is 12.6 Å². The highest BCUT2D eigenvalue weighted by atomic mass is 19.1. The molecule has 0 aliphatic carbocycles. The minimum absolute atomic E-state index is 0.190. The van der Waals surface area contributed by atoms with Crippen LogP contribution in [0.3, 0.4) is 0 Å².